The fraction of sp³-hybridized carbons (Fsp3) is 0.952. The quantitative estimate of drug-likeness (QED) is 0.583. The molecule has 3 aliphatic heterocycles. The van der Waals surface area contributed by atoms with Crippen molar-refractivity contribution in [3.8, 4) is 0 Å². The molecule has 0 amide bonds. The predicted molar refractivity (Wildman–Crippen MR) is 93.8 cm³/mol. The SMILES string of the molecule is COC(=O)[C@]1(C)CCC[C@]2(C)[C@H]1C[C@H]1O[C@]13[C@H](O)[C@@]1(C(C)C)O[C@@H]1[C@H]1O[C@@]132. The lowest BCUT2D eigenvalue weighted by molar-refractivity contribution is -0.177. The molecule has 0 aromatic carbocycles. The number of fused-ring (bicyclic) bond motifs is 3. The van der Waals surface area contributed by atoms with Crippen LogP contribution in [0.2, 0.25) is 0 Å². The fourth-order valence-electron chi connectivity index (χ4n) is 8.21. The zero-order chi connectivity index (χ0) is 19.2. The van der Waals surface area contributed by atoms with E-state index >= 15 is 0 Å². The molecule has 3 aliphatic carbocycles. The minimum Gasteiger partial charge on any atom is -0.469 e. The minimum atomic E-state index is -0.678. The molecule has 2 spiro atoms. The topological polar surface area (TPSA) is 84.1 Å². The average Bonchev–Trinajstić information content (AvgIpc) is 3.49. The molecule has 150 valence electrons. The standard InChI is InChI=1S/C21H30O6/c1-10(2)19-13(26-19)14-21(27-14)18(4)8-6-7-17(3,16(23)24-5)11(18)9-12-20(21,25-12)15(19)22/h10-15,22H,6-9H2,1-5H3/t11-,12+,13+,14+,15+,17+,18+,19-,20-,21+/m0/s1. The van der Waals surface area contributed by atoms with Gasteiger partial charge in [-0.2, -0.15) is 0 Å². The molecular weight excluding hydrogens is 348 g/mol. The molecule has 3 saturated carbocycles. The normalized spacial score (nSPS) is 64.5. The average molecular weight is 378 g/mol. The Balaban J connectivity index is 1.48. The van der Waals surface area contributed by atoms with Crippen molar-refractivity contribution in [3.05, 3.63) is 0 Å². The Bertz CT molecular complexity index is 753. The van der Waals surface area contributed by atoms with Crippen molar-refractivity contribution in [1.82, 2.24) is 0 Å². The molecule has 1 N–H and O–H groups in total. The number of aliphatic hydroxyl groups is 1. The van der Waals surface area contributed by atoms with Crippen molar-refractivity contribution >= 4 is 5.97 Å². The summed E-state index contributed by atoms with van der Waals surface area (Å²) in [5, 5.41) is 11.5. The number of esters is 1. The van der Waals surface area contributed by atoms with Gasteiger partial charge in [0.25, 0.3) is 0 Å². The molecule has 0 unspecified atom stereocenters. The van der Waals surface area contributed by atoms with E-state index in [9.17, 15) is 9.90 Å². The van der Waals surface area contributed by atoms with Crippen LogP contribution in [-0.2, 0) is 23.7 Å². The maximum absolute atomic E-state index is 12.8. The first kappa shape index (κ1) is 17.2. The second kappa shape index (κ2) is 4.40. The molecule has 3 heterocycles. The highest BCUT2D eigenvalue weighted by Gasteiger charge is 3.00. The number of epoxide rings is 3. The van der Waals surface area contributed by atoms with Gasteiger partial charge in [0.1, 0.15) is 29.5 Å². The zero-order valence-corrected chi connectivity index (χ0v) is 16.8. The second-order valence-corrected chi connectivity index (χ2v) is 10.6. The highest BCUT2D eigenvalue weighted by atomic mass is 16.7. The highest BCUT2D eigenvalue weighted by Crippen LogP contribution is 2.83. The summed E-state index contributed by atoms with van der Waals surface area (Å²) in [5.74, 6) is 0.196. The Morgan fingerprint density at radius 3 is 2.56 bits per heavy atom. The first-order valence-corrected chi connectivity index (χ1v) is 10.5. The summed E-state index contributed by atoms with van der Waals surface area (Å²) in [4.78, 5) is 12.8. The van der Waals surface area contributed by atoms with E-state index in [1.807, 2.05) is 0 Å². The summed E-state index contributed by atoms with van der Waals surface area (Å²) in [7, 11) is 1.48. The van der Waals surface area contributed by atoms with Crippen molar-refractivity contribution in [2.45, 2.75) is 94.6 Å². The van der Waals surface area contributed by atoms with E-state index in [0.29, 0.717) is 0 Å². The smallest absolute Gasteiger partial charge is 0.311 e. The van der Waals surface area contributed by atoms with Gasteiger partial charge in [0, 0.05) is 5.41 Å². The number of hydrogen-bond acceptors (Lipinski definition) is 6. The van der Waals surface area contributed by atoms with Crippen LogP contribution in [0.3, 0.4) is 0 Å². The van der Waals surface area contributed by atoms with Crippen molar-refractivity contribution in [1.29, 1.82) is 0 Å². The lowest BCUT2D eigenvalue weighted by Gasteiger charge is -2.58. The Morgan fingerprint density at radius 1 is 1.15 bits per heavy atom. The molecule has 0 bridgehead atoms. The number of aliphatic hydroxyl groups excluding tert-OH is 1. The highest BCUT2D eigenvalue weighted by molar-refractivity contribution is 5.77. The monoisotopic (exact) mass is 378 g/mol. The lowest BCUT2D eigenvalue weighted by atomic mass is 9.42. The number of hydrogen-bond donors (Lipinski definition) is 1. The molecule has 6 rings (SSSR count). The van der Waals surface area contributed by atoms with Crippen LogP contribution < -0.4 is 0 Å². The van der Waals surface area contributed by atoms with Crippen molar-refractivity contribution in [2.24, 2.45) is 22.7 Å². The summed E-state index contributed by atoms with van der Waals surface area (Å²) >= 11 is 0. The maximum atomic E-state index is 12.8. The van der Waals surface area contributed by atoms with Gasteiger partial charge >= 0.3 is 5.97 Å². The largest absolute Gasteiger partial charge is 0.469 e. The third kappa shape index (κ3) is 1.42. The van der Waals surface area contributed by atoms with Gasteiger partial charge in [-0.15, -0.1) is 0 Å². The van der Waals surface area contributed by atoms with E-state index in [1.54, 1.807) is 0 Å². The maximum Gasteiger partial charge on any atom is 0.311 e. The van der Waals surface area contributed by atoms with Gasteiger partial charge < -0.3 is 24.1 Å². The molecular formula is C21H30O6. The van der Waals surface area contributed by atoms with Gasteiger partial charge in [-0.1, -0.05) is 27.2 Å². The Hall–Kier alpha value is -0.690. The van der Waals surface area contributed by atoms with Crippen LogP contribution in [0.4, 0.5) is 0 Å². The van der Waals surface area contributed by atoms with E-state index in [4.69, 9.17) is 18.9 Å². The molecule has 6 aliphatic rings. The first-order chi connectivity index (χ1) is 12.7. The van der Waals surface area contributed by atoms with E-state index in [1.165, 1.54) is 7.11 Å². The third-order valence-corrected chi connectivity index (χ3v) is 9.60. The van der Waals surface area contributed by atoms with Gasteiger partial charge in [-0.05, 0) is 38.0 Å². The van der Waals surface area contributed by atoms with E-state index in [-0.39, 0.29) is 41.5 Å². The molecule has 3 saturated heterocycles. The van der Waals surface area contributed by atoms with Crippen LogP contribution in [0.5, 0.6) is 0 Å². The fourth-order valence-corrected chi connectivity index (χ4v) is 8.21. The lowest BCUT2D eigenvalue weighted by Crippen LogP contribution is -2.71. The minimum absolute atomic E-state index is 0.0407. The molecule has 6 heteroatoms. The summed E-state index contributed by atoms with van der Waals surface area (Å²) in [6, 6.07) is 0. The zero-order valence-electron chi connectivity index (χ0n) is 16.8. The Morgan fingerprint density at radius 2 is 1.89 bits per heavy atom. The van der Waals surface area contributed by atoms with Crippen LogP contribution in [0.25, 0.3) is 0 Å². The second-order valence-electron chi connectivity index (χ2n) is 10.6. The van der Waals surface area contributed by atoms with Gasteiger partial charge in [0.05, 0.1) is 18.6 Å². The molecule has 10 atom stereocenters. The van der Waals surface area contributed by atoms with Crippen molar-refractivity contribution in [2.75, 3.05) is 7.11 Å². The molecule has 0 aromatic rings. The first-order valence-electron chi connectivity index (χ1n) is 10.5. The van der Waals surface area contributed by atoms with Crippen molar-refractivity contribution < 1.29 is 28.8 Å². The molecule has 6 nitrogen and oxygen atoms in total. The van der Waals surface area contributed by atoms with Gasteiger partial charge in [0.15, 0.2) is 5.60 Å². The molecule has 6 fully saturated rings. The van der Waals surface area contributed by atoms with E-state index < -0.39 is 28.3 Å². The summed E-state index contributed by atoms with van der Waals surface area (Å²) < 4.78 is 24.3. The number of ether oxygens (including phenoxy) is 4. The molecule has 0 radical (unpaired) electrons. The number of methoxy groups -OCH3 is 1. The van der Waals surface area contributed by atoms with E-state index in [2.05, 4.69) is 27.7 Å². The summed E-state index contributed by atoms with van der Waals surface area (Å²) in [6.07, 6.45) is 2.68. The summed E-state index contributed by atoms with van der Waals surface area (Å²) in [5.41, 5.74) is -2.52. The van der Waals surface area contributed by atoms with Crippen LogP contribution in [-0.4, -0.2) is 59.4 Å². The van der Waals surface area contributed by atoms with Gasteiger partial charge in [0.2, 0.25) is 0 Å². The molecule has 27 heavy (non-hydrogen) atoms. The van der Waals surface area contributed by atoms with Crippen LogP contribution in [0.1, 0.15) is 53.4 Å². The van der Waals surface area contributed by atoms with E-state index in [0.717, 1.165) is 25.7 Å². The number of carbonyl (C=O) groups excluding carboxylic acids is 1. The third-order valence-electron chi connectivity index (χ3n) is 9.60. The van der Waals surface area contributed by atoms with Crippen LogP contribution in [0, 0.1) is 22.7 Å². The summed E-state index contributed by atoms with van der Waals surface area (Å²) in [6.45, 7) is 8.52. The number of carbonyl (C=O) groups is 1. The van der Waals surface area contributed by atoms with Crippen molar-refractivity contribution in [3.63, 3.8) is 0 Å². The number of rotatable bonds is 2. The Kier molecular flexibility index (Phi) is 2.80. The molecule has 0 aromatic heterocycles. The van der Waals surface area contributed by atoms with Gasteiger partial charge in [-0.3, -0.25) is 4.79 Å². The van der Waals surface area contributed by atoms with Crippen LogP contribution >= 0.6 is 0 Å². The Labute approximate surface area is 159 Å². The van der Waals surface area contributed by atoms with Gasteiger partial charge in [-0.25, -0.2) is 0 Å². The van der Waals surface area contributed by atoms with Crippen LogP contribution in [0.15, 0.2) is 0 Å². The predicted octanol–water partition coefficient (Wildman–Crippen LogP) is 1.82.